The van der Waals surface area contributed by atoms with Gasteiger partial charge in [-0.05, 0) is 62.4 Å². The van der Waals surface area contributed by atoms with Crippen LogP contribution in [0.25, 0.3) is 16.7 Å². The molecule has 1 aliphatic carbocycles. The molecule has 1 fully saturated rings. The number of aliphatic imine (C=N–C) groups is 1. The molecule has 3 aromatic rings. The molecule has 0 radical (unpaired) electrons. The summed E-state index contributed by atoms with van der Waals surface area (Å²) < 4.78 is 1.60. The second kappa shape index (κ2) is 10.0. The number of aromatic nitrogens is 3. The highest BCUT2D eigenvalue weighted by Crippen LogP contribution is 2.28. The van der Waals surface area contributed by atoms with E-state index in [0.717, 1.165) is 48.7 Å². The van der Waals surface area contributed by atoms with Crippen molar-refractivity contribution in [1.29, 1.82) is 0 Å². The van der Waals surface area contributed by atoms with Crippen LogP contribution in [-0.4, -0.2) is 40.1 Å². The third-order valence-electron chi connectivity index (χ3n) is 6.31. The maximum absolute atomic E-state index is 12.6. The molecule has 0 aliphatic heterocycles. The van der Waals surface area contributed by atoms with Gasteiger partial charge in [-0.1, -0.05) is 32.9 Å². The molecule has 0 amide bonds. The van der Waals surface area contributed by atoms with Crippen LogP contribution in [0.15, 0.2) is 46.3 Å². The van der Waals surface area contributed by atoms with Crippen LogP contribution in [0, 0.1) is 5.92 Å². The van der Waals surface area contributed by atoms with Crippen molar-refractivity contribution in [1.82, 2.24) is 25.2 Å². The fourth-order valence-corrected chi connectivity index (χ4v) is 3.83. The lowest BCUT2D eigenvalue weighted by Gasteiger charge is -2.15. The van der Waals surface area contributed by atoms with Crippen molar-refractivity contribution in [2.24, 2.45) is 16.6 Å². The van der Waals surface area contributed by atoms with Crippen molar-refractivity contribution in [3.05, 3.63) is 58.3 Å². The smallest absolute Gasteiger partial charge is 0.354 e. The molecule has 4 rings (SSSR count). The molecular weight excluding hydrogens is 426 g/mol. The van der Waals surface area contributed by atoms with E-state index < -0.39 is 0 Å². The highest BCUT2D eigenvalue weighted by atomic mass is 16.1. The van der Waals surface area contributed by atoms with E-state index in [0.29, 0.717) is 11.6 Å². The monoisotopic (exact) mass is 463 g/mol. The van der Waals surface area contributed by atoms with Gasteiger partial charge >= 0.3 is 5.69 Å². The molecule has 1 aliphatic rings. The van der Waals surface area contributed by atoms with Crippen molar-refractivity contribution >= 4 is 17.0 Å². The van der Waals surface area contributed by atoms with E-state index in [9.17, 15) is 4.79 Å². The van der Waals surface area contributed by atoms with E-state index in [4.69, 9.17) is 5.73 Å². The molecule has 0 unspecified atom stereocenters. The van der Waals surface area contributed by atoms with Crippen LogP contribution in [0.4, 0.5) is 0 Å². The number of nitrogens with one attached hydrogen (secondary N) is 3. The standard InChI is InChI=1S/C26H37N7O/c1-17(28-12-5-13-29-24(27)30-15-18-6-7-18)19-8-10-21(11-9-19)33-16-20-14-22(26(2,3)4)31-23(20)32-25(33)34/h8-11,14,16-18,28H,5-7,12-13,15H2,1-4H3,(H3,27,29,30)(H,31,32,34)/t17-/m0/s1. The summed E-state index contributed by atoms with van der Waals surface area (Å²) in [7, 11) is 0. The Bertz CT molecular complexity index is 1200. The number of nitrogens with zero attached hydrogens (tertiary/aromatic N) is 3. The van der Waals surface area contributed by atoms with Crippen LogP contribution in [0.5, 0.6) is 0 Å². The predicted octanol–water partition coefficient (Wildman–Crippen LogP) is 3.37. The largest absolute Gasteiger partial charge is 0.370 e. The number of benzene rings is 1. The Morgan fingerprint density at radius 1 is 1.26 bits per heavy atom. The van der Waals surface area contributed by atoms with Gasteiger partial charge in [0.05, 0.1) is 5.69 Å². The van der Waals surface area contributed by atoms with Gasteiger partial charge in [-0.15, -0.1) is 0 Å². The molecule has 5 N–H and O–H groups in total. The topological polar surface area (TPSA) is 113 Å². The zero-order valence-electron chi connectivity index (χ0n) is 20.7. The Labute approximate surface area is 201 Å². The summed E-state index contributed by atoms with van der Waals surface area (Å²) in [5.74, 6) is 1.30. The summed E-state index contributed by atoms with van der Waals surface area (Å²) in [6.45, 7) is 11.1. The zero-order chi connectivity index (χ0) is 24.3. The first-order valence-electron chi connectivity index (χ1n) is 12.2. The Morgan fingerprint density at radius 3 is 2.68 bits per heavy atom. The average Bonchev–Trinajstić information content (AvgIpc) is 3.53. The normalized spacial score (nSPS) is 15.6. The fourth-order valence-electron chi connectivity index (χ4n) is 3.83. The number of nitrogens with two attached hydrogens (primary N) is 1. The van der Waals surface area contributed by atoms with Crippen LogP contribution in [0.3, 0.4) is 0 Å². The quantitative estimate of drug-likeness (QED) is 0.221. The summed E-state index contributed by atoms with van der Waals surface area (Å²) >= 11 is 0. The number of hydrogen-bond acceptors (Lipinski definition) is 4. The number of hydrogen-bond donors (Lipinski definition) is 4. The van der Waals surface area contributed by atoms with Crippen molar-refractivity contribution in [2.45, 2.75) is 58.4 Å². The summed E-state index contributed by atoms with van der Waals surface area (Å²) in [5, 5.41) is 7.64. The molecule has 2 heterocycles. The second-order valence-corrected chi connectivity index (χ2v) is 10.3. The van der Waals surface area contributed by atoms with Gasteiger partial charge < -0.3 is 21.4 Å². The predicted molar refractivity (Wildman–Crippen MR) is 139 cm³/mol. The Balaban J connectivity index is 1.32. The third-order valence-corrected chi connectivity index (χ3v) is 6.31. The lowest BCUT2D eigenvalue weighted by atomic mass is 9.92. The molecule has 8 heteroatoms. The SMILES string of the molecule is C[C@H](NCCCNC(N)=NCC1CC1)c1ccc(-n2cc3cc(C(C)(C)C)[nH]c3nc2=O)cc1. The van der Waals surface area contributed by atoms with E-state index in [1.165, 1.54) is 18.4 Å². The lowest BCUT2D eigenvalue weighted by Crippen LogP contribution is -2.34. The van der Waals surface area contributed by atoms with Gasteiger partial charge in [-0.2, -0.15) is 4.98 Å². The number of fused-ring (bicyclic) bond motifs is 1. The van der Waals surface area contributed by atoms with Crippen molar-refractivity contribution < 1.29 is 0 Å². The molecule has 1 atom stereocenters. The number of aromatic amines is 1. The molecule has 1 aromatic carbocycles. The molecule has 182 valence electrons. The molecule has 0 saturated heterocycles. The molecule has 34 heavy (non-hydrogen) atoms. The highest BCUT2D eigenvalue weighted by Gasteiger charge is 2.20. The van der Waals surface area contributed by atoms with Crippen LogP contribution in [0.1, 0.15) is 64.3 Å². The van der Waals surface area contributed by atoms with Crippen molar-refractivity contribution in [3.8, 4) is 5.69 Å². The highest BCUT2D eigenvalue weighted by molar-refractivity contribution is 5.77. The van der Waals surface area contributed by atoms with E-state index >= 15 is 0 Å². The summed E-state index contributed by atoms with van der Waals surface area (Å²) in [4.78, 5) is 24.5. The Hall–Kier alpha value is -3.13. The molecular formula is C26H37N7O. The molecule has 0 bridgehead atoms. The Morgan fingerprint density at radius 2 is 2.00 bits per heavy atom. The van der Waals surface area contributed by atoms with Gasteiger partial charge in [0.2, 0.25) is 0 Å². The van der Waals surface area contributed by atoms with Gasteiger partial charge in [-0.3, -0.25) is 9.56 Å². The number of guanidine groups is 1. The molecule has 8 nitrogen and oxygen atoms in total. The van der Waals surface area contributed by atoms with Gasteiger partial charge in [-0.25, -0.2) is 4.79 Å². The molecule has 1 saturated carbocycles. The fraction of sp³-hybridized carbons (Fsp3) is 0.500. The second-order valence-electron chi connectivity index (χ2n) is 10.3. The summed E-state index contributed by atoms with van der Waals surface area (Å²) in [6, 6.07) is 10.3. The minimum Gasteiger partial charge on any atom is -0.370 e. The minimum absolute atomic E-state index is 0.0360. The zero-order valence-corrected chi connectivity index (χ0v) is 20.7. The maximum Gasteiger partial charge on any atom is 0.354 e. The van der Waals surface area contributed by atoms with Crippen molar-refractivity contribution in [2.75, 3.05) is 19.6 Å². The first kappa shape index (κ1) is 24.0. The first-order valence-corrected chi connectivity index (χ1v) is 12.2. The van der Waals surface area contributed by atoms with Gasteiger partial charge in [0.25, 0.3) is 0 Å². The van der Waals surface area contributed by atoms with Crippen LogP contribution in [-0.2, 0) is 5.41 Å². The van der Waals surface area contributed by atoms with E-state index in [1.807, 2.05) is 18.3 Å². The number of H-pyrrole nitrogens is 1. The van der Waals surface area contributed by atoms with Crippen molar-refractivity contribution in [3.63, 3.8) is 0 Å². The third kappa shape index (κ3) is 6.05. The van der Waals surface area contributed by atoms with Gasteiger partial charge in [0.15, 0.2) is 5.96 Å². The summed E-state index contributed by atoms with van der Waals surface area (Å²) in [5.41, 5.74) is 9.23. The first-order chi connectivity index (χ1) is 16.2. The van der Waals surface area contributed by atoms with Gasteiger partial charge in [0, 0.05) is 41.8 Å². The van der Waals surface area contributed by atoms with Crippen LogP contribution < -0.4 is 22.1 Å². The van der Waals surface area contributed by atoms with E-state index in [1.54, 1.807) is 4.57 Å². The average molecular weight is 464 g/mol. The van der Waals surface area contributed by atoms with Gasteiger partial charge in [0.1, 0.15) is 5.65 Å². The Kier molecular flexibility index (Phi) is 7.07. The van der Waals surface area contributed by atoms with E-state index in [-0.39, 0.29) is 17.1 Å². The van der Waals surface area contributed by atoms with E-state index in [2.05, 4.69) is 71.5 Å². The molecule has 0 spiro atoms. The lowest BCUT2D eigenvalue weighted by molar-refractivity contribution is 0.555. The van der Waals surface area contributed by atoms with Crippen LogP contribution >= 0.6 is 0 Å². The van der Waals surface area contributed by atoms with Crippen LogP contribution in [0.2, 0.25) is 0 Å². The minimum atomic E-state index is -0.291. The molecule has 2 aromatic heterocycles. The maximum atomic E-state index is 12.6. The summed E-state index contributed by atoms with van der Waals surface area (Å²) in [6.07, 6.45) is 5.39. The number of rotatable bonds is 9.